The molecule has 1 saturated heterocycles. The largest absolute Gasteiger partial charge is 0.390 e. The molecule has 0 aromatic rings. The lowest BCUT2D eigenvalue weighted by molar-refractivity contribution is -0.163. The molecule has 112 valence electrons. The van der Waals surface area contributed by atoms with Crippen LogP contribution in [0.15, 0.2) is 12.2 Å². The van der Waals surface area contributed by atoms with E-state index < -0.39 is 12.2 Å². The predicted molar refractivity (Wildman–Crippen MR) is 86.6 cm³/mol. The third-order valence-corrected chi connectivity index (χ3v) is 4.89. The molecule has 1 aliphatic heterocycles. The number of unbranched alkanes of at least 4 members (excludes halogenated alkanes) is 1. The van der Waals surface area contributed by atoms with Crippen LogP contribution in [0.1, 0.15) is 39.5 Å². The van der Waals surface area contributed by atoms with E-state index in [1.54, 1.807) is 0 Å². The molecule has 3 nitrogen and oxygen atoms in total. The molecule has 5 atom stereocenters. The van der Waals surface area contributed by atoms with E-state index in [0.29, 0.717) is 5.92 Å². The molecule has 0 amide bonds. The first kappa shape index (κ1) is 17.4. The lowest BCUT2D eigenvalue weighted by Gasteiger charge is -2.41. The first-order chi connectivity index (χ1) is 8.97. The van der Waals surface area contributed by atoms with Crippen LogP contribution in [0.2, 0.25) is 0 Å². The second kappa shape index (κ2) is 8.60. The van der Waals surface area contributed by atoms with Gasteiger partial charge in [-0.25, -0.2) is 0 Å². The van der Waals surface area contributed by atoms with Crippen molar-refractivity contribution in [1.82, 2.24) is 0 Å². The lowest BCUT2D eigenvalue weighted by Crippen LogP contribution is -2.52. The molecule has 1 heterocycles. The van der Waals surface area contributed by atoms with Gasteiger partial charge in [0.25, 0.3) is 0 Å². The molecule has 1 fully saturated rings. The van der Waals surface area contributed by atoms with Crippen molar-refractivity contribution in [3.63, 3.8) is 0 Å². The Kier molecular flexibility index (Phi) is 7.87. The number of aliphatic hydroxyl groups is 2. The Bertz CT molecular complexity index is 281. The number of ether oxygens (including phenoxy) is 1. The van der Waals surface area contributed by atoms with Crippen LogP contribution in [0.3, 0.4) is 0 Å². The van der Waals surface area contributed by atoms with Gasteiger partial charge in [-0.05, 0) is 25.7 Å². The molecule has 0 aromatic heterocycles. The van der Waals surface area contributed by atoms with E-state index in [0.717, 1.165) is 30.1 Å². The van der Waals surface area contributed by atoms with Gasteiger partial charge in [0.2, 0.25) is 0 Å². The summed E-state index contributed by atoms with van der Waals surface area (Å²) in [5.74, 6) is 0.417. The highest BCUT2D eigenvalue weighted by molar-refractivity contribution is 14.1. The number of rotatable bonds is 7. The minimum Gasteiger partial charge on any atom is -0.390 e. The fourth-order valence-corrected chi connectivity index (χ4v) is 3.69. The Morgan fingerprint density at radius 1 is 1.42 bits per heavy atom. The van der Waals surface area contributed by atoms with Crippen LogP contribution in [-0.2, 0) is 4.74 Å². The Morgan fingerprint density at radius 2 is 2.11 bits per heavy atom. The average molecular weight is 382 g/mol. The van der Waals surface area contributed by atoms with Crippen molar-refractivity contribution in [2.24, 2.45) is 11.8 Å². The molecule has 1 aliphatic rings. The van der Waals surface area contributed by atoms with Crippen LogP contribution in [0.25, 0.3) is 0 Å². The van der Waals surface area contributed by atoms with Crippen molar-refractivity contribution in [3.05, 3.63) is 12.2 Å². The van der Waals surface area contributed by atoms with Gasteiger partial charge in [0.15, 0.2) is 0 Å². The van der Waals surface area contributed by atoms with Crippen molar-refractivity contribution < 1.29 is 14.9 Å². The van der Waals surface area contributed by atoms with E-state index in [2.05, 4.69) is 43.0 Å². The summed E-state index contributed by atoms with van der Waals surface area (Å²) in [7, 11) is 0. The second-order valence-corrected chi connectivity index (χ2v) is 6.72. The summed E-state index contributed by atoms with van der Waals surface area (Å²) >= 11 is 2.30. The minimum absolute atomic E-state index is 0.0467. The highest BCUT2D eigenvalue weighted by atomic mass is 127. The topological polar surface area (TPSA) is 49.7 Å². The van der Waals surface area contributed by atoms with Crippen LogP contribution >= 0.6 is 22.6 Å². The SMILES string of the molecule is C=C(C)CCCCC(C)C1C(CI)OCC(O)C1O. The van der Waals surface area contributed by atoms with Crippen molar-refractivity contribution in [3.8, 4) is 0 Å². The second-order valence-electron chi connectivity index (χ2n) is 5.84. The maximum atomic E-state index is 10.2. The number of allylic oxidation sites excluding steroid dienone is 1. The van der Waals surface area contributed by atoms with Crippen molar-refractivity contribution >= 4 is 22.6 Å². The van der Waals surface area contributed by atoms with E-state index in [4.69, 9.17) is 4.74 Å². The van der Waals surface area contributed by atoms with E-state index >= 15 is 0 Å². The standard InChI is InChI=1S/C15H27IO3/c1-10(2)6-4-5-7-11(3)14-13(8-16)19-9-12(17)15(14)18/h11-15,17-18H,1,4-9H2,2-3H3. The molecule has 5 unspecified atom stereocenters. The fourth-order valence-electron chi connectivity index (χ4n) is 2.84. The summed E-state index contributed by atoms with van der Waals surface area (Å²) in [6.45, 7) is 8.39. The van der Waals surface area contributed by atoms with E-state index in [9.17, 15) is 10.2 Å². The van der Waals surface area contributed by atoms with Crippen molar-refractivity contribution in [2.45, 2.75) is 57.8 Å². The first-order valence-corrected chi connectivity index (χ1v) is 8.68. The zero-order valence-corrected chi connectivity index (χ0v) is 14.2. The third kappa shape index (κ3) is 5.33. The molecule has 0 saturated carbocycles. The highest BCUT2D eigenvalue weighted by Gasteiger charge is 2.40. The molecule has 19 heavy (non-hydrogen) atoms. The maximum absolute atomic E-state index is 10.2. The molecule has 2 N–H and O–H groups in total. The Morgan fingerprint density at radius 3 is 2.68 bits per heavy atom. The monoisotopic (exact) mass is 382 g/mol. The van der Waals surface area contributed by atoms with Gasteiger partial charge in [0.05, 0.1) is 18.8 Å². The molecule has 0 bridgehead atoms. The Balaban J connectivity index is 2.46. The molecule has 0 spiro atoms. The fraction of sp³-hybridized carbons (Fsp3) is 0.867. The summed E-state index contributed by atoms with van der Waals surface area (Å²) in [5.41, 5.74) is 1.23. The smallest absolute Gasteiger partial charge is 0.104 e. The Hall–Kier alpha value is 0.350. The number of alkyl halides is 1. The summed E-state index contributed by atoms with van der Waals surface area (Å²) < 4.78 is 6.52. The molecule has 0 aliphatic carbocycles. The van der Waals surface area contributed by atoms with Gasteiger partial charge in [-0.15, -0.1) is 6.58 Å². The molecule has 1 rings (SSSR count). The predicted octanol–water partition coefficient (Wildman–Crippen LogP) is 2.93. The van der Waals surface area contributed by atoms with Crippen LogP contribution in [0.5, 0.6) is 0 Å². The van der Waals surface area contributed by atoms with Crippen LogP contribution in [0.4, 0.5) is 0 Å². The molecule has 0 aromatic carbocycles. The summed E-state index contributed by atoms with van der Waals surface area (Å²) in [6.07, 6.45) is 3.12. The summed E-state index contributed by atoms with van der Waals surface area (Å²) in [5, 5.41) is 20.0. The normalized spacial score (nSPS) is 33.1. The first-order valence-electron chi connectivity index (χ1n) is 7.15. The zero-order chi connectivity index (χ0) is 14.4. The van der Waals surface area contributed by atoms with E-state index in [1.165, 1.54) is 5.57 Å². The molecular formula is C15H27IO3. The maximum Gasteiger partial charge on any atom is 0.104 e. The van der Waals surface area contributed by atoms with Gasteiger partial charge in [-0.1, -0.05) is 47.9 Å². The van der Waals surface area contributed by atoms with Gasteiger partial charge in [0.1, 0.15) is 6.10 Å². The van der Waals surface area contributed by atoms with Crippen LogP contribution < -0.4 is 0 Å². The van der Waals surface area contributed by atoms with Crippen LogP contribution in [-0.4, -0.2) is 39.6 Å². The number of aliphatic hydroxyl groups excluding tert-OH is 2. The van der Waals surface area contributed by atoms with Gasteiger partial charge in [-0.3, -0.25) is 0 Å². The summed E-state index contributed by atoms with van der Waals surface area (Å²) in [6, 6.07) is 0. The van der Waals surface area contributed by atoms with Crippen molar-refractivity contribution in [1.29, 1.82) is 0 Å². The van der Waals surface area contributed by atoms with E-state index in [-0.39, 0.29) is 18.6 Å². The highest BCUT2D eigenvalue weighted by Crippen LogP contribution is 2.32. The quantitative estimate of drug-likeness (QED) is 0.308. The Labute approximate surface area is 130 Å². The number of hydrogen-bond acceptors (Lipinski definition) is 3. The van der Waals surface area contributed by atoms with Crippen molar-refractivity contribution in [2.75, 3.05) is 11.0 Å². The average Bonchev–Trinajstić information content (AvgIpc) is 2.37. The number of halogens is 1. The lowest BCUT2D eigenvalue weighted by atomic mass is 9.78. The van der Waals surface area contributed by atoms with Gasteiger partial charge >= 0.3 is 0 Å². The van der Waals surface area contributed by atoms with Crippen LogP contribution in [0, 0.1) is 11.8 Å². The molecule has 4 heteroatoms. The minimum atomic E-state index is -0.734. The summed E-state index contributed by atoms with van der Waals surface area (Å²) in [4.78, 5) is 0. The van der Waals surface area contributed by atoms with Gasteiger partial charge in [0, 0.05) is 10.3 Å². The zero-order valence-electron chi connectivity index (χ0n) is 12.0. The third-order valence-electron chi connectivity index (χ3n) is 4.02. The molecular weight excluding hydrogens is 355 g/mol. The molecule has 0 radical (unpaired) electrons. The van der Waals surface area contributed by atoms with Gasteiger partial charge in [-0.2, -0.15) is 0 Å². The number of hydrogen-bond donors (Lipinski definition) is 2. The van der Waals surface area contributed by atoms with Gasteiger partial charge < -0.3 is 14.9 Å². The van der Waals surface area contributed by atoms with E-state index in [1.807, 2.05) is 0 Å².